The van der Waals surface area contributed by atoms with Gasteiger partial charge in [-0.25, -0.2) is 0 Å². The van der Waals surface area contributed by atoms with E-state index in [0.29, 0.717) is 24.6 Å². The third kappa shape index (κ3) is 4.48. The minimum absolute atomic E-state index is 0.0446. The molecule has 1 N–H and O–H groups in total. The maximum Gasteiger partial charge on any atom is 0.418 e. The van der Waals surface area contributed by atoms with Crippen molar-refractivity contribution in [3.63, 3.8) is 0 Å². The second-order valence-corrected chi connectivity index (χ2v) is 6.38. The van der Waals surface area contributed by atoms with Crippen molar-refractivity contribution in [2.75, 3.05) is 5.32 Å². The van der Waals surface area contributed by atoms with Crippen molar-refractivity contribution >= 4 is 22.9 Å². The monoisotopic (exact) mass is 381 g/mol. The molecule has 26 heavy (non-hydrogen) atoms. The molecule has 0 aliphatic heterocycles. The number of aromatic nitrogens is 2. The van der Waals surface area contributed by atoms with Crippen LogP contribution in [0, 0.1) is 0 Å². The summed E-state index contributed by atoms with van der Waals surface area (Å²) in [5.41, 5.74) is -1.12. The average Bonchev–Trinajstić information content (AvgIpc) is 3.25. The second-order valence-electron chi connectivity index (χ2n) is 5.43. The van der Waals surface area contributed by atoms with E-state index in [2.05, 4.69) is 15.5 Å². The zero-order valence-corrected chi connectivity index (χ0v) is 14.2. The molecule has 136 valence electrons. The first-order valence-electron chi connectivity index (χ1n) is 7.76. The summed E-state index contributed by atoms with van der Waals surface area (Å²) in [7, 11) is 0. The first-order valence-corrected chi connectivity index (χ1v) is 8.64. The Morgan fingerprint density at radius 2 is 2.00 bits per heavy atom. The van der Waals surface area contributed by atoms with Crippen LogP contribution in [0.25, 0.3) is 10.7 Å². The van der Waals surface area contributed by atoms with Crippen LogP contribution in [0.4, 0.5) is 18.9 Å². The molecule has 1 amide bonds. The van der Waals surface area contributed by atoms with Gasteiger partial charge in [0, 0.05) is 12.8 Å². The fourth-order valence-electron chi connectivity index (χ4n) is 2.31. The number of benzene rings is 1. The summed E-state index contributed by atoms with van der Waals surface area (Å²) in [6.07, 6.45) is -3.73. The molecule has 0 radical (unpaired) electrons. The topological polar surface area (TPSA) is 68.0 Å². The van der Waals surface area contributed by atoms with E-state index in [4.69, 9.17) is 4.52 Å². The highest BCUT2D eigenvalue weighted by Gasteiger charge is 2.33. The van der Waals surface area contributed by atoms with Gasteiger partial charge >= 0.3 is 6.18 Å². The summed E-state index contributed by atoms with van der Waals surface area (Å²) in [6, 6.07) is 8.62. The number of carbonyl (C=O) groups excluding carboxylic acids is 1. The first-order chi connectivity index (χ1) is 12.4. The Balaban J connectivity index is 1.53. The summed E-state index contributed by atoms with van der Waals surface area (Å²) in [5, 5.41) is 8.07. The minimum Gasteiger partial charge on any atom is -0.339 e. The van der Waals surface area contributed by atoms with Gasteiger partial charge < -0.3 is 9.84 Å². The number of aryl methyl sites for hydroxylation is 1. The third-order valence-electron chi connectivity index (χ3n) is 3.51. The second kappa shape index (κ2) is 7.69. The number of anilines is 1. The van der Waals surface area contributed by atoms with Crippen LogP contribution in [0.5, 0.6) is 0 Å². The van der Waals surface area contributed by atoms with Crippen LogP contribution in [-0.4, -0.2) is 16.0 Å². The fraction of sp³-hybridized carbons (Fsp3) is 0.235. The molecule has 1 aromatic carbocycles. The van der Waals surface area contributed by atoms with Gasteiger partial charge in [0.05, 0.1) is 16.1 Å². The van der Waals surface area contributed by atoms with Crippen LogP contribution < -0.4 is 5.32 Å². The van der Waals surface area contributed by atoms with Crippen LogP contribution in [0.3, 0.4) is 0 Å². The Hall–Kier alpha value is -2.68. The van der Waals surface area contributed by atoms with Crippen molar-refractivity contribution in [1.82, 2.24) is 10.1 Å². The molecule has 0 saturated heterocycles. The number of para-hydroxylation sites is 1. The first kappa shape index (κ1) is 18.1. The van der Waals surface area contributed by atoms with Crippen molar-refractivity contribution < 1.29 is 22.5 Å². The molecule has 3 aromatic rings. The Bertz CT molecular complexity index is 876. The third-order valence-corrected chi connectivity index (χ3v) is 4.38. The van der Waals surface area contributed by atoms with Gasteiger partial charge in [-0.1, -0.05) is 23.4 Å². The summed E-state index contributed by atoms with van der Waals surface area (Å²) in [6.45, 7) is 0. The van der Waals surface area contributed by atoms with Crippen LogP contribution in [0.1, 0.15) is 24.3 Å². The van der Waals surface area contributed by atoms with Gasteiger partial charge in [-0.2, -0.15) is 18.2 Å². The van der Waals surface area contributed by atoms with Crippen molar-refractivity contribution in [2.45, 2.75) is 25.4 Å². The van der Waals surface area contributed by atoms with Crippen LogP contribution >= 0.6 is 11.3 Å². The molecule has 0 spiro atoms. The molecule has 5 nitrogen and oxygen atoms in total. The van der Waals surface area contributed by atoms with E-state index in [1.807, 2.05) is 17.5 Å². The highest BCUT2D eigenvalue weighted by molar-refractivity contribution is 7.13. The lowest BCUT2D eigenvalue weighted by Crippen LogP contribution is -2.16. The molecule has 0 aliphatic rings. The normalized spacial score (nSPS) is 11.5. The number of carbonyl (C=O) groups is 1. The van der Waals surface area contributed by atoms with E-state index in [9.17, 15) is 18.0 Å². The molecule has 2 aromatic heterocycles. The maximum atomic E-state index is 12.9. The Labute approximate surface area is 150 Å². The van der Waals surface area contributed by atoms with Gasteiger partial charge in [-0.05, 0) is 30.0 Å². The predicted octanol–water partition coefficient (Wildman–Crippen LogP) is 4.78. The number of halogens is 3. The Kier molecular flexibility index (Phi) is 5.36. The summed E-state index contributed by atoms with van der Waals surface area (Å²) in [4.78, 5) is 17.0. The number of amides is 1. The highest BCUT2D eigenvalue weighted by atomic mass is 32.1. The standard InChI is InChI=1S/C17H14F3N3O2S/c18-17(19,20)11-5-1-2-6-12(11)21-14(24)8-3-9-15-22-16(23-25-15)13-7-4-10-26-13/h1-2,4-7,10H,3,8-9H2,(H,21,24). The van der Waals surface area contributed by atoms with Crippen LogP contribution in [0.15, 0.2) is 46.3 Å². The molecule has 0 aliphatic carbocycles. The molecular weight excluding hydrogens is 367 g/mol. The fourth-order valence-corrected chi connectivity index (χ4v) is 2.96. The predicted molar refractivity (Wildman–Crippen MR) is 90.6 cm³/mol. The van der Waals surface area contributed by atoms with Gasteiger partial charge in [0.1, 0.15) is 0 Å². The molecule has 0 fully saturated rings. The molecular formula is C17H14F3N3O2S. The molecule has 0 bridgehead atoms. The summed E-state index contributed by atoms with van der Waals surface area (Å²) in [5.74, 6) is 0.371. The van der Waals surface area contributed by atoms with Crippen molar-refractivity contribution in [3.8, 4) is 10.7 Å². The number of nitrogens with one attached hydrogen (secondary N) is 1. The van der Waals surface area contributed by atoms with E-state index in [0.717, 1.165) is 10.9 Å². The lowest BCUT2D eigenvalue weighted by Gasteiger charge is -2.13. The van der Waals surface area contributed by atoms with Gasteiger partial charge in [-0.15, -0.1) is 11.3 Å². The van der Waals surface area contributed by atoms with E-state index >= 15 is 0 Å². The van der Waals surface area contributed by atoms with Crippen molar-refractivity contribution in [2.24, 2.45) is 0 Å². The minimum atomic E-state index is -4.52. The van der Waals surface area contributed by atoms with E-state index in [-0.39, 0.29) is 12.1 Å². The highest BCUT2D eigenvalue weighted by Crippen LogP contribution is 2.34. The number of hydrogen-bond acceptors (Lipinski definition) is 5. The van der Waals surface area contributed by atoms with Crippen molar-refractivity contribution in [3.05, 3.63) is 53.2 Å². The van der Waals surface area contributed by atoms with Crippen LogP contribution in [-0.2, 0) is 17.4 Å². The molecule has 3 rings (SSSR count). The van der Waals surface area contributed by atoms with Gasteiger partial charge in [0.15, 0.2) is 0 Å². The number of thiophene rings is 1. The lowest BCUT2D eigenvalue weighted by molar-refractivity contribution is -0.137. The van der Waals surface area contributed by atoms with Gasteiger partial charge in [0.2, 0.25) is 17.6 Å². The Morgan fingerprint density at radius 1 is 1.19 bits per heavy atom. The zero-order valence-electron chi connectivity index (χ0n) is 13.4. The molecule has 9 heteroatoms. The number of hydrogen-bond donors (Lipinski definition) is 1. The SMILES string of the molecule is O=C(CCCc1nc(-c2cccs2)no1)Nc1ccccc1C(F)(F)F. The zero-order chi connectivity index (χ0) is 18.6. The number of rotatable bonds is 6. The lowest BCUT2D eigenvalue weighted by atomic mass is 10.1. The summed E-state index contributed by atoms with van der Waals surface area (Å²) >= 11 is 1.48. The van der Waals surface area contributed by atoms with Gasteiger partial charge in [-0.3, -0.25) is 4.79 Å². The largest absolute Gasteiger partial charge is 0.418 e. The molecule has 0 atom stereocenters. The van der Waals surface area contributed by atoms with Gasteiger partial charge in [0.25, 0.3) is 0 Å². The molecule has 2 heterocycles. The van der Waals surface area contributed by atoms with E-state index < -0.39 is 17.6 Å². The smallest absolute Gasteiger partial charge is 0.339 e. The van der Waals surface area contributed by atoms with Crippen LogP contribution in [0.2, 0.25) is 0 Å². The summed E-state index contributed by atoms with van der Waals surface area (Å²) < 4.78 is 43.9. The Morgan fingerprint density at radius 3 is 2.73 bits per heavy atom. The van der Waals surface area contributed by atoms with Crippen molar-refractivity contribution in [1.29, 1.82) is 0 Å². The maximum absolute atomic E-state index is 12.9. The molecule has 0 saturated carbocycles. The van der Waals surface area contributed by atoms with E-state index in [1.54, 1.807) is 0 Å². The number of nitrogens with zero attached hydrogens (tertiary/aromatic N) is 2. The quantitative estimate of drug-likeness (QED) is 0.667. The molecule has 0 unspecified atom stereocenters. The van der Waals surface area contributed by atoms with E-state index in [1.165, 1.54) is 29.5 Å². The average molecular weight is 381 g/mol. The number of alkyl halides is 3.